The zero-order valence-corrected chi connectivity index (χ0v) is 13.7. The van der Waals surface area contributed by atoms with Gasteiger partial charge in [-0.05, 0) is 26.3 Å². The van der Waals surface area contributed by atoms with Gasteiger partial charge >= 0.3 is 0 Å². The SMILES string of the molecule is CC1CN(CCCNC(=O)c2n[nH]c3ccccc23)CC(C)O1. The van der Waals surface area contributed by atoms with Gasteiger partial charge in [0, 0.05) is 31.6 Å². The first-order valence-corrected chi connectivity index (χ1v) is 8.22. The van der Waals surface area contributed by atoms with Gasteiger partial charge in [-0.15, -0.1) is 0 Å². The van der Waals surface area contributed by atoms with E-state index in [-0.39, 0.29) is 18.1 Å². The summed E-state index contributed by atoms with van der Waals surface area (Å²) in [5.74, 6) is -0.119. The summed E-state index contributed by atoms with van der Waals surface area (Å²) in [7, 11) is 0. The Labute approximate surface area is 136 Å². The average molecular weight is 316 g/mol. The van der Waals surface area contributed by atoms with Crippen LogP contribution in [0.15, 0.2) is 24.3 Å². The molecule has 0 aliphatic carbocycles. The average Bonchev–Trinajstić information content (AvgIpc) is 2.94. The highest BCUT2D eigenvalue weighted by atomic mass is 16.5. The summed E-state index contributed by atoms with van der Waals surface area (Å²) in [5.41, 5.74) is 1.35. The molecule has 23 heavy (non-hydrogen) atoms. The van der Waals surface area contributed by atoms with Crippen LogP contribution in [0.3, 0.4) is 0 Å². The lowest BCUT2D eigenvalue weighted by atomic mass is 10.2. The van der Waals surface area contributed by atoms with Gasteiger partial charge in [-0.3, -0.25) is 14.8 Å². The van der Waals surface area contributed by atoms with E-state index in [4.69, 9.17) is 4.74 Å². The minimum atomic E-state index is -0.119. The summed E-state index contributed by atoms with van der Waals surface area (Å²) in [4.78, 5) is 14.6. The molecule has 2 atom stereocenters. The lowest BCUT2D eigenvalue weighted by Crippen LogP contribution is -2.46. The van der Waals surface area contributed by atoms with Crippen LogP contribution in [0.1, 0.15) is 30.8 Å². The van der Waals surface area contributed by atoms with Crippen molar-refractivity contribution in [3.8, 4) is 0 Å². The predicted octanol–water partition coefficient (Wildman–Crippen LogP) is 1.79. The molecule has 2 heterocycles. The van der Waals surface area contributed by atoms with Crippen molar-refractivity contribution >= 4 is 16.8 Å². The van der Waals surface area contributed by atoms with Crippen molar-refractivity contribution in [3.63, 3.8) is 0 Å². The fourth-order valence-corrected chi connectivity index (χ4v) is 3.19. The second-order valence-electron chi connectivity index (χ2n) is 6.24. The second-order valence-corrected chi connectivity index (χ2v) is 6.24. The molecule has 2 N–H and O–H groups in total. The number of fused-ring (bicyclic) bond motifs is 1. The van der Waals surface area contributed by atoms with Crippen LogP contribution in [0.25, 0.3) is 10.9 Å². The molecule has 1 fully saturated rings. The van der Waals surface area contributed by atoms with Crippen LogP contribution < -0.4 is 5.32 Å². The van der Waals surface area contributed by atoms with E-state index in [9.17, 15) is 4.79 Å². The molecule has 1 aromatic heterocycles. The van der Waals surface area contributed by atoms with E-state index in [1.54, 1.807) is 0 Å². The summed E-state index contributed by atoms with van der Waals surface area (Å²) in [6, 6.07) is 7.66. The van der Waals surface area contributed by atoms with Gasteiger partial charge in [0.1, 0.15) is 0 Å². The Balaban J connectivity index is 1.46. The highest BCUT2D eigenvalue weighted by Gasteiger charge is 2.21. The van der Waals surface area contributed by atoms with Crippen LogP contribution >= 0.6 is 0 Å². The molecule has 2 aromatic rings. The normalized spacial score (nSPS) is 22.3. The maximum absolute atomic E-state index is 12.2. The number of morpholine rings is 1. The number of aromatic nitrogens is 2. The van der Waals surface area contributed by atoms with Crippen LogP contribution in [-0.4, -0.2) is 59.4 Å². The maximum atomic E-state index is 12.2. The van der Waals surface area contributed by atoms with Crippen molar-refractivity contribution in [2.75, 3.05) is 26.2 Å². The Morgan fingerprint density at radius 2 is 2.09 bits per heavy atom. The molecule has 1 amide bonds. The first kappa shape index (κ1) is 16.0. The molecule has 1 aliphatic rings. The van der Waals surface area contributed by atoms with E-state index in [0.29, 0.717) is 12.2 Å². The molecule has 0 spiro atoms. The van der Waals surface area contributed by atoms with Crippen LogP contribution in [0.5, 0.6) is 0 Å². The lowest BCUT2D eigenvalue weighted by Gasteiger charge is -2.35. The van der Waals surface area contributed by atoms with Crippen LogP contribution in [0.4, 0.5) is 0 Å². The predicted molar refractivity (Wildman–Crippen MR) is 89.5 cm³/mol. The van der Waals surface area contributed by atoms with Gasteiger partial charge < -0.3 is 10.1 Å². The van der Waals surface area contributed by atoms with Gasteiger partial charge in [0.05, 0.1) is 17.7 Å². The van der Waals surface area contributed by atoms with E-state index in [1.165, 1.54) is 0 Å². The van der Waals surface area contributed by atoms with Gasteiger partial charge in [-0.1, -0.05) is 18.2 Å². The molecular formula is C17H24N4O2. The summed E-state index contributed by atoms with van der Waals surface area (Å²) >= 11 is 0. The quantitative estimate of drug-likeness (QED) is 0.825. The topological polar surface area (TPSA) is 70.2 Å². The molecule has 3 rings (SSSR count). The van der Waals surface area contributed by atoms with Crippen LogP contribution in [0, 0.1) is 0 Å². The van der Waals surface area contributed by atoms with E-state index >= 15 is 0 Å². The number of carbonyl (C=O) groups excluding carboxylic acids is 1. The number of aromatic amines is 1. The van der Waals surface area contributed by atoms with Crippen molar-refractivity contribution in [3.05, 3.63) is 30.0 Å². The number of nitrogens with zero attached hydrogens (tertiary/aromatic N) is 2. The second kappa shape index (κ2) is 7.10. The molecule has 6 heteroatoms. The standard InChI is InChI=1S/C17H24N4O2/c1-12-10-21(11-13(2)23-12)9-5-8-18-17(22)16-14-6-3-4-7-15(14)19-20-16/h3-4,6-7,12-13H,5,8-11H2,1-2H3,(H,18,22)(H,19,20). The summed E-state index contributed by atoms with van der Waals surface area (Å²) in [5, 5.41) is 10.8. The zero-order valence-electron chi connectivity index (χ0n) is 13.7. The van der Waals surface area contributed by atoms with Gasteiger partial charge in [-0.25, -0.2) is 0 Å². The third kappa shape index (κ3) is 3.89. The highest BCUT2D eigenvalue weighted by molar-refractivity contribution is 6.04. The first-order valence-electron chi connectivity index (χ1n) is 8.22. The largest absolute Gasteiger partial charge is 0.373 e. The number of hydrogen-bond acceptors (Lipinski definition) is 4. The third-order valence-electron chi connectivity index (χ3n) is 4.12. The molecule has 6 nitrogen and oxygen atoms in total. The van der Waals surface area contributed by atoms with Crippen molar-refractivity contribution in [1.29, 1.82) is 0 Å². The Bertz CT molecular complexity index is 659. The van der Waals surface area contributed by atoms with Crippen LogP contribution in [0.2, 0.25) is 0 Å². The van der Waals surface area contributed by atoms with Gasteiger partial charge in [-0.2, -0.15) is 5.10 Å². The van der Waals surface area contributed by atoms with E-state index in [2.05, 4.69) is 34.3 Å². The lowest BCUT2D eigenvalue weighted by molar-refractivity contribution is -0.0679. The van der Waals surface area contributed by atoms with Crippen LogP contribution in [-0.2, 0) is 4.74 Å². The number of H-pyrrole nitrogens is 1. The Morgan fingerprint density at radius 3 is 2.87 bits per heavy atom. The van der Waals surface area contributed by atoms with Crippen molar-refractivity contribution in [2.45, 2.75) is 32.5 Å². The Morgan fingerprint density at radius 1 is 1.35 bits per heavy atom. The van der Waals surface area contributed by atoms with E-state index in [0.717, 1.165) is 37.0 Å². The molecule has 1 aromatic carbocycles. The summed E-state index contributed by atoms with van der Waals surface area (Å²) in [6.07, 6.45) is 1.49. The van der Waals surface area contributed by atoms with E-state index in [1.807, 2.05) is 24.3 Å². The first-order chi connectivity index (χ1) is 11.1. The number of nitrogens with one attached hydrogen (secondary N) is 2. The van der Waals surface area contributed by atoms with Crippen molar-refractivity contribution in [1.82, 2.24) is 20.4 Å². The fraction of sp³-hybridized carbons (Fsp3) is 0.529. The van der Waals surface area contributed by atoms with Crippen molar-refractivity contribution < 1.29 is 9.53 Å². The number of para-hydroxylation sites is 1. The Hall–Kier alpha value is -1.92. The maximum Gasteiger partial charge on any atom is 0.272 e. The molecule has 2 unspecified atom stereocenters. The highest BCUT2D eigenvalue weighted by Crippen LogP contribution is 2.15. The number of ether oxygens (including phenoxy) is 1. The molecule has 1 saturated heterocycles. The third-order valence-corrected chi connectivity index (χ3v) is 4.12. The van der Waals surface area contributed by atoms with E-state index < -0.39 is 0 Å². The zero-order chi connectivity index (χ0) is 16.2. The molecule has 0 bridgehead atoms. The van der Waals surface area contributed by atoms with Gasteiger partial charge in [0.2, 0.25) is 0 Å². The molecule has 0 saturated carbocycles. The number of amides is 1. The minimum absolute atomic E-state index is 0.119. The fourth-order valence-electron chi connectivity index (χ4n) is 3.19. The number of benzene rings is 1. The summed E-state index contributed by atoms with van der Waals surface area (Å²) in [6.45, 7) is 7.75. The Kier molecular flexibility index (Phi) is 4.93. The number of hydrogen-bond donors (Lipinski definition) is 2. The van der Waals surface area contributed by atoms with Gasteiger partial charge in [0.15, 0.2) is 5.69 Å². The summed E-state index contributed by atoms with van der Waals surface area (Å²) < 4.78 is 5.73. The smallest absolute Gasteiger partial charge is 0.272 e. The van der Waals surface area contributed by atoms with Crippen molar-refractivity contribution in [2.24, 2.45) is 0 Å². The van der Waals surface area contributed by atoms with Gasteiger partial charge in [0.25, 0.3) is 5.91 Å². The molecule has 0 radical (unpaired) electrons. The minimum Gasteiger partial charge on any atom is -0.373 e. The molecule has 1 aliphatic heterocycles. The monoisotopic (exact) mass is 316 g/mol. The number of rotatable bonds is 5. The molecule has 124 valence electrons. The number of carbonyl (C=O) groups is 1. The molecular weight excluding hydrogens is 292 g/mol.